The Kier molecular flexibility index (Phi) is 4.91. The van der Waals surface area contributed by atoms with Crippen molar-refractivity contribution in [1.82, 2.24) is 5.32 Å². The first-order valence-electron chi connectivity index (χ1n) is 10.2. The van der Waals surface area contributed by atoms with Crippen LogP contribution in [0.25, 0.3) is 11.1 Å². The summed E-state index contributed by atoms with van der Waals surface area (Å²) in [4.78, 5) is 14.1. The normalized spacial score (nSPS) is 19.6. The summed E-state index contributed by atoms with van der Waals surface area (Å²) in [5.41, 5.74) is 6.30. The number of nitrogens with zero attached hydrogens (tertiary/aromatic N) is 1. The number of nitrogens with two attached hydrogens (primary N) is 1. The number of nitrogens with one attached hydrogen (secondary N) is 1. The molecule has 164 valence electrons. The quantitative estimate of drug-likeness (QED) is 0.613. The summed E-state index contributed by atoms with van der Waals surface area (Å²) in [6.45, 7) is 1.82. The molecule has 0 aliphatic carbocycles. The summed E-state index contributed by atoms with van der Waals surface area (Å²) in [5, 5.41) is 3.02. The highest BCUT2D eigenvalue weighted by molar-refractivity contribution is 6.34. The molecule has 1 atom stereocenters. The van der Waals surface area contributed by atoms with Crippen molar-refractivity contribution in [2.75, 3.05) is 24.5 Å². The molecule has 1 saturated heterocycles. The molecule has 8 heteroatoms. The summed E-state index contributed by atoms with van der Waals surface area (Å²) in [6.07, 6.45) is 0.364. The van der Waals surface area contributed by atoms with Crippen molar-refractivity contribution in [2.45, 2.75) is 12.0 Å². The first kappa shape index (κ1) is 20.8. The maximum Gasteiger partial charge on any atom is 0.249 e. The van der Waals surface area contributed by atoms with E-state index in [2.05, 4.69) is 10.2 Å². The molecule has 0 unspecified atom stereocenters. The minimum absolute atomic E-state index is 0.0304. The Morgan fingerprint density at radius 2 is 1.81 bits per heavy atom. The van der Waals surface area contributed by atoms with Crippen molar-refractivity contribution in [3.05, 3.63) is 87.7 Å². The first-order chi connectivity index (χ1) is 15.3. The van der Waals surface area contributed by atoms with Gasteiger partial charge in [-0.05, 0) is 29.3 Å². The van der Waals surface area contributed by atoms with E-state index in [4.69, 9.17) is 17.3 Å². The molecule has 2 aliphatic heterocycles. The van der Waals surface area contributed by atoms with Crippen LogP contribution in [0.1, 0.15) is 21.5 Å². The van der Waals surface area contributed by atoms with E-state index in [1.807, 2.05) is 30.3 Å². The molecule has 2 heterocycles. The van der Waals surface area contributed by atoms with Gasteiger partial charge in [-0.15, -0.1) is 0 Å². The number of fused-ring (bicyclic) bond motifs is 3. The molecule has 0 saturated carbocycles. The van der Waals surface area contributed by atoms with Crippen molar-refractivity contribution < 1.29 is 18.0 Å². The highest BCUT2D eigenvalue weighted by Gasteiger charge is 2.48. The van der Waals surface area contributed by atoms with Crippen LogP contribution in [-0.2, 0) is 12.0 Å². The molecule has 0 spiro atoms. The van der Waals surface area contributed by atoms with Crippen LogP contribution in [0.15, 0.2) is 48.5 Å². The average molecular weight is 458 g/mol. The van der Waals surface area contributed by atoms with Gasteiger partial charge < -0.3 is 16.0 Å². The number of amides is 1. The minimum Gasteiger partial charge on any atom is -0.366 e. The fourth-order valence-corrected chi connectivity index (χ4v) is 5.30. The van der Waals surface area contributed by atoms with Gasteiger partial charge in [0.1, 0.15) is 5.82 Å². The predicted molar refractivity (Wildman–Crippen MR) is 117 cm³/mol. The zero-order valence-corrected chi connectivity index (χ0v) is 17.6. The highest BCUT2D eigenvalue weighted by atomic mass is 35.5. The second-order valence-corrected chi connectivity index (χ2v) is 8.47. The SMILES string of the molecule is NC(=O)c1ccc(F)c(F)c1-c1c(Cl)c(F)cc2c1C[C@]1(c3ccccc3)CNCCN21. The third-order valence-corrected chi connectivity index (χ3v) is 6.80. The third-order valence-electron chi connectivity index (χ3n) is 6.43. The second-order valence-electron chi connectivity index (χ2n) is 8.10. The lowest BCUT2D eigenvalue weighted by atomic mass is 9.83. The predicted octanol–water partition coefficient (Wildman–Crippen LogP) is 4.38. The number of anilines is 1. The lowest BCUT2D eigenvalue weighted by molar-refractivity contribution is 0.100. The van der Waals surface area contributed by atoms with Gasteiger partial charge in [0.05, 0.1) is 16.1 Å². The molecule has 1 amide bonds. The summed E-state index contributed by atoms with van der Waals surface area (Å²) in [6, 6.07) is 13.0. The van der Waals surface area contributed by atoms with E-state index in [-0.39, 0.29) is 16.1 Å². The zero-order valence-electron chi connectivity index (χ0n) is 16.9. The van der Waals surface area contributed by atoms with E-state index in [0.29, 0.717) is 37.3 Å². The molecule has 3 aromatic carbocycles. The molecule has 3 N–H and O–H groups in total. The highest BCUT2D eigenvalue weighted by Crippen LogP contribution is 2.52. The number of rotatable bonds is 3. The van der Waals surface area contributed by atoms with Crippen LogP contribution in [0, 0.1) is 17.5 Å². The van der Waals surface area contributed by atoms with E-state index < -0.39 is 34.5 Å². The first-order valence-corrected chi connectivity index (χ1v) is 10.6. The lowest BCUT2D eigenvalue weighted by Gasteiger charge is -2.45. The van der Waals surface area contributed by atoms with Crippen molar-refractivity contribution in [1.29, 1.82) is 0 Å². The largest absolute Gasteiger partial charge is 0.366 e. The number of piperazine rings is 1. The van der Waals surface area contributed by atoms with Crippen LogP contribution in [0.2, 0.25) is 5.02 Å². The molecule has 0 bridgehead atoms. The molecule has 1 fully saturated rings. The van der Waals surface area contributed by atoms with E-state index in [0.717, 1.165) is 17.7 Å². The van der Waals surface area contributed by atoms with Gasteiger partial charge >= 0.3 is 0 Å². The molecule has 0 aromatic heterocycles. The number of carbonyl (C=O) groups excluding carboxylic acids is 1. The van der Waals surface area contributed by atoms with Crippen LogP contribution in [0.4, 0.5) is 18.9 Å². The van der Waals surface area contributed by atoms with Crippen LogP contribution >= 0.6 is 11.6 Å². The molecule has 3 aromatic rings. The standard InChI is InChI=1S/C24H19ClF3N3O/c25-21-17(27)10-18-15(19(21)20-14(23(29)32)6-7-16(26)22(20)28)11-24(12-30-8-9-31(18)24)13-4-2-1-3-5-13/h1-7,10,30H,8-9,11-12H2,(H2,29,32)/t24-/m1/s1. The Morgan fingerprint density at radius 1 is 1.06 bits per heavy atom. The summed E-state index contributed by atoms with van der Waals surface area (Å²) >= 11 is 6.35. The number of hydrogen-bond donors (Lipinski definition) is 2. The van der Waals surface area contributed by atoms with Gasteiger partial charge in [-0.1, -0.05) is 41.9 Å². The fourth-order valence-electron chi connectivity index (χ4n) is 5.04. The zero-order chi connectivity index (χ0) is 22.6. The van der Waals surface area contributed by atoms with Gasteiger partial charge in [0.15, 0.2) is 11.6 Å². The number of primary amides is 1. The lowest BCUT2D eigenvalue weighted by Crippen LogP contribution is -2.57. The number of carbonyl (C=O) groups is 1. The Morgan fingerprint density at radius 3 is 2.53 bits per heavy atom. The van der Waals surface area contributed by atoms with Gasteiger partial charge in [0, 0.05) is 42.9 Å². The van der Waals surface area contributed by atoms with Crippen LogP contribution in [0.3, 0.4) is 0 Å². The molecule has 0 radical (unpaired) electrons. The van der Waals surface area contributed by atoms with Crippen molar-refractivity contribution in [3.63, 3.8) is 0 Å². The van der Waals surface area contributed by atoms with Crippen LogP contribution < -0.4 is 16.0 Å². The minimum atomic E-state index is -1.28. The Hall–Kier alpha value is -3.03. The molecule has 2 aliphatic rings. The van der Waals surface area contributed by atoms with Gasteiger partial charge in [-0.3, -0.25) is 4.79 Å². The van der Waals surface area contributed by atoms with Crippen molar-refractivity contribution in [2.24, 2.45) is 5.73 Å². The Balaban J connectivity index is 1.82. The molecule has 4 nitrogen and oxygen atoms in total. The Bertz CT molecular complexity index is 1250. The van der Waals surface area contributed by atoms with E-state index in [1.54, 1.807) is 0 Å². The smallest absolute Gasteiger partial charge is 0.249 e. The van der Waals surface area contributed by atoms with Crippen LogP contribution in [0.5, 0.6) is 0 Å². The maximum atomic E-state index is 15.1. The van der Waals surface area contributed by atoms with Gasteiger partial charge in [0.25, 0.3) is 0 Å². The topological polar surface area (TPSA) is 58.4 Å². The maximum absolute atomic E-state index is 15.1. The molecule has 5 rings (SSSR count). The van der Waals surface area contributed by atoms with Gasteiger partial charge in [-0.25, -0.2) is 13.2 Å². The van der Waals surface area contributed by atoms with Crippen LogP contribution in [-0.4, -0.2) is 25.5 Å². The molecular weight excluding hydrogens is 439 g/mol. The van der Waals surface area contributed by atoms with Crippen molar-refractivity contribution in [3.8, 4) is 11.1 Å². The van der Waals surface area contributed by atoms with Gasteiger partial charge in [-0.2, -0.15) is 0 Å². The monoisotopic (exact) mass is 457 g/mol. The Labute approximate surface area is 187 Å². The molecule has 32 heavy (non-hydrogen) atoms. The van der Waals surface area contributed by atoms with E-state index >= 15 is 8.78 Å². The summed E-state index contributed by atoms with van der Waals surface area (Å²) in [7, 11) is 0. The average Bonchev–Trinajstić information content (AvgIpc) is 3.12. The molecular formula is C24H19ClF3N3O. The summed E-state index contributed by atoms with van der Waals surface area (Å²) in [5.74, 6) is -4.19. The van der Waals surface area contributed by atoms with Crippen molar-refractivity contribution >= 4 is 23.2 Å². The number of benzene rings is 3. The second kappa shape index (κ2) is 7.53. The van der Waals surface area contributed by atoms with E-state index in [1.165, 1.54) is 6.07 Å². The third kappa shape index (κ3) is 2.92. The van der Waals surface area contributed by atoms with Gasteiger partial charge in [0.2, 0.25) is 5.91 Å². The fraction of sp³-hybridized carbons (Fsp3) is 0.208. The summed E-state index contributed by atoms with van der Waals surface area (Å²) < 4.78 is 44.4. The van der Waals surface area contributed by atoms with E-state index in [9.17, 15) is 9.18 Å². The number of hydrogen-bond acceptors (Lipinski definition) is 3. The number of halogens is 4.